The van der Waals surface area contributed by atoms with Crippen LogP contribution in [0, 0.1) is 0 Å². The first-order valence-electron chi connectivity index (χ1n) is 8.06. The highest BCUT2D eigenvalue weighted by Crippen LogP contribution is 2.27. The molecular weight excluding hydrogens is 270 g/mol. The van der Waals surface area contributed by atoms with Crippen molar-refractivity contribution in [1.82, 2.24) is 15.1 Å². The first-order valence-corrected chi connectivity index (χ1v) is 8.06. The molecule has 2 heterocycles. The van der Waals surface area contributed by atoms with Crippen LogP contribution in [-0.4, -0.2) is 71.6 Å². The molecule has 6 nitrogen and oxygen atoms in total. The molecule has 6 heteroatoms. The number of aliphatic carboxylic acids is 1. The SMILES string of the molecule is CCCC1(C(=O)N2CCCN(CC(=O)O)CC2)CCCN1. The monoisotopic (exact) mass is 297 g/mol. The third-order valence-corrected chi connectivity index (χ3v) is 4.56. The molecule has 0 aromatic carbocycles. The number of carbonyl (C=O) groups excluding carboxylic acids is 1. The van der Waals surface area contributed by atoms with E-state index in [1.807, 2.05) is 9.80 Å². The van der Waals surface area contributed by atoms with Gasteiger partial charge in [-0.2, -0.15) is 0 Å². The van der Waals surface area contributed by atoms with Crippen molar-refractivity contribution in [1.29, 1.82) is 0 Å². The van der Waals surface area contributed by atoms with E-state index in [4.69, 9.17) is 5.11 Å². The molecule has 2 aliphatic heterocycles. The van der Waals surface area contributed by atoms with E-state index in [9.17, 15) is 9.59 Å². The van der Waals surface area contributed by atoms with E-state index < -0.39 is 5.97 Å². The number of hydrogen-bond acceptors (Lipinski definition) is 4. The lowest BCUT2D eigenvalue weighted by Gasteiger charge is -2.34. The molecule has 1 atom stereocenters. The summed E-state index contributed by atoms with van der Waals surface area (Å²) in [4.78, 5) is 27.6. The van der Waals surface area contributed by atoms with Gasteiger partial charge in [-0.3, -0.25) is 14.5 Å². The molecule has 0 aliphatic carbocycles. The first-order chi connectivity index (χ1) is 10.1. The van der Waals surface area contributed by atoms with E-state index in [1.165, 1.54) is 0 Å². The number of amides is 1. The van der Waals surface area contributed by atoms with Gasteiger partial charge in [0.15, 0.2) is 0 Å². The average Bonchev–Trinajstić information content (AvgIpc) is 2.79. The van der Waals surface area contributed by atoms with Gasteiger partial charge in [0.25, 0.3) is 0 Å². The Morgan fingerprint density at radius 2 is 2.00 bits per heavy atom. The molecule has 0 saturated carbocycles. The van der Waals surface area contributed by atoms with Crippen LogP contribution in [0.4, 0.5) is 0 Å². The summed E-state index contributed by atoms with van der Waals surface area (Å²) >= 11 is 0. The molecule has 1 amide bonds. The molecule has 2 fully saturated rings. The Morgan fingerprint density at radius 3 is 2.62 bits per heavy atom. The van der Waals surface area contributed by atoms with Crippen LogP contribution in [0.2, 0.25) is 0 Å². The zero-order chi connectivity index (χ0) is 15.3. The Balaban J connectivity index is 1.97. The van der Waals surface area contributed by atoms with Gasteiger partial charge in [-0.15, -0.1) is 0 Å². The normalized spacial score (nSPS) is 27.6. The quantitative estimate of drug-likeness (QED) is 0.774. The third kappa shape index (κ3) is 3.95. The number of nitrogens with one attached hydrogen (secondary N) is 1. The van der Waals surface area contributed by atoms with Gasteiger partial charge in [0.05, 0.1) is 12.1 Å². The predicted molar refractivity (Wildman–Crippen MR) is 80.1 cm³/mol. The summed E-state index contributed by atoms with van der Waals surface area (Å²) in [6.45, 7) is 5.89. The average molecular weight is 297 g/mol. The van der Waals surface area contributed by atoms with Crippen LogP contribution in [0.3, 0.4) is 0 Å². The lowest BCUT2D eigenvalue weighted by molar-refractivity contribution is -0.138. The number of carboxylic acids is 1. The van der Waals surface area contributed by atoms with Gasteiger partial charge in [-0.25, -0.2) is 0 Å². The van der Waals surface area contributed by atoms with Gasteiger partial charge in [-0.1, -0.05) is 13.3 Å². The van der Waals surface area contributed by atoms with Gasteiger partial charge >= 0.3 is 5.97 Å². The van der Waals surface area contributed by atoms with E-state index in [1.54, 1.807) is 0 Å². The van der Waals surface area contributed by atoms with Crippen LogP contribution in [0.25, 0.3) is 0 Å². The van der Waals surface area contributed by atoms with Crippen LogP contribution in [0.1, 0.15) is 39.0 Å². The third-order valence-electron chi connectivity index (χ3n) is 4.56. The van der Waals surface area contributed by atoms with E-state index in [0.29, 0.717) is 13.1 Å². The molecule has 0 bridgehead atoms. The van der Waals surface area contributed by atoms with Crippen molar-refractivity contribution in [2.45, 2.75) is 44.6 Å². The van der Waals surface area contributed by atoms with Crippen molar-refractivity contribution in [3.8, 4) is 0 Å². The molecule has 120 valence electrons. The standard InChI is InChI=1S/C15H27N3O3/c1-2-5-15(6-3-7-16-15)14(21)18-9-4-8-17(10-11-18)12-13(19)20/h16H,2-12H2,1H3,(H,19,20). The molecule has 0 aromatic heterocycles. The highest BCUT2D eigenvalue weighted by atomic mass is 16.4. The number of nitrogens with zero attached hydrogens (tertiary/aromatic N) is 2. The van der Waals surface area contributed by atoms with Crippen LogP contribution in [-0.2, 0) is 9.59 Å². The van der Waals surface area contributed by atoms with Gasteiger partial charge in [0.2, 0.25) is 5.91 Å². The van der Waals surface area contributed by atoms with Crippen LogP contribution >= 0.6 is 0 Å². The highest BCUT2D eigenvalue weighted by molar-refractivity contribution is 5.86. The number of hydrogen-bond donors (Lipinski definition) is 2. The summed E-state index contributed by atoms with van der Waals surface area (Å²) in [5.41, 5.74) is -0.364. The van der Waals surface area contributed by atoms with E-state index in [-0.39, 0.29) is 18.0 Å². The molecule has 1 unspecified atom stereocenters. The van der Waals surface area contributed by atoms with Crippen LogP contribution in [0.15, 0.2) is 0 Å². The van der Waals surface area contributed by atoms with Gasteiger partial charge in [0, 0.05) is 26.2 Å². The Kier molecular flexibility index (Phi) is 5.58. The second-order valence-corrected chi connectivity index (χ2v) is 6.18. The van der Waals surface area contributed by atoms with E-state index in [0.717, 1.165) is 51.7 Å². The molecular formula is C15H27N3O3. The maximum Gasteiger partial charge on any atom is 0.317 e. The van der Waals surface area contributed by atoms with Gasteiger partial charge in [0.1, 0.15) is 0 Å². The first kappa shape index (κ1) is 16.2. The minimum Gasteiger partial charge on any atom is -0.480 e. The fourth-order valence-corrected chi connectivity index (χ4v) is 3.56. The second-order valence-electron chi connectivity index (χ2n) is 6.18. The molecule has 2 aliphatic rings. The van der Waals surface area contributed by atoms with Crippen molar-refractivity contribution in [2.24, 2.45) is 0 Å². The summed E-state index contributed by atoms with van der Waals surface area (Å²) in [5, 5.41) is 12.3. The Morgan fingerprint density at radius 1 is 1.19 bits per heavy atom. The second kappa shape index (κ2) is 7.22. The predicted octanol–water partition coefficient (Wildman–Crippen LogP) is 0.528. The van der Waals surface area contributed by atoms with E-state index in [2.05, 4.69) is 12.2 Å². The molecule has 0 aromatic rings. The van der Waals surface area contributed by atoms with Crippen molar-refractivity contribution in [2.75, 3.05) is 39.3 Å². The molecule has 2 N–H and O–H groups in total. The fourth-order valence-electron chi connectivity index (χ4n) is 3.56. The summed E-state index contributed by atoms with van der Waals surface area (Å²) in [7, 11) is 0. The summed E-state index contributed by atoms with van der Waals surface area (Å²) in [6, 6.07) is 0. The summed E-state index contributed by atoms with van der Waals surface area (Å²) in [6.07, 6.45) is 4.72. The summed E-state index contributed by atoms with van der Waals surface area (Å²) < 4.78 is 0. The lowest BCUT2D eigenvalue weighted by Crippen LogP contribution is -2.55. The smallest absolute Gasteiger partial charge is 0.317 e. The summed E-state index contributed by atoms with van der Waals surface area (Å²) in [5.74, 6) is -0.575. The molecule has 0 radical (unpaired) electrons. The van der Waals surface area contributed by atoms with Gasteiger partial charge in [-0.05, 0) is 32.2 Å². The maximum absolute atomic E-state index is 12.9. The van der Waals surface area contributed by atoms with Crippen molar-refractivity contribution in [3.63, 3.8) is 0 Å². The fraction of sp³-hybridized carbons (Fsp3) is 0.867. The highest BCUT2D eigenvalue weighted by Gasteiger charge is 2.42. The number of carbonyl (C=O) groups is 2. The molecule has 2 saturated heterocycles. The minimum atomic E-state index is -0.797. The zero-order valence-corrected chi connectivity index (χ0v) is 12.9. The number of rotatable bonds is 5. The Labute approximate surface area is 126 Å². The maximum atomic E-state index is 12.9. The Hall–Kier alpha value is -1.14. The lowest BCUT2D eigenvalue weighted by atomic mass is 9.90. The molecule has 21 heavy (non-hydrogen) atoms. The van der Waals surface area contributed by atoms with Crippen molar-refractivity contribution >= 4 is 11.9 Å². The minimum absolute atomic E-state index is 0.0698. The Bertz CT molecular complexity index is 380. The van der Waals surface area contributed by atoms with Crippen LogP contribution < -0.4 is 5.32 Å². The van der Waals surface area contributed by atoms with E-state index >= 15 is 0 Å². The van der Waals surface area contributed by atoms with Gasteiger partial charge < -0.3 is 15.3 Å². The topological polar surface area (TPSA) is 72.9 Å². The number of carboxylic acid groups (broad SMARTS) is 1. The van der Waals surface area contributed by atoms with Crippen LogP contribution in [0.5, 0.6) is 0 Å². The largest absolute Gasteiger partial charge is 0.480 e. The van der Waals surface area contributed by atoms with Crippen molar-refractivity contribution < 1.29 is 14.7 Å². The zero-order valence-electron chi connectivity index (χ0n) is 12.9. The molecule has 2 rings (SSSR count). The van der Waals surface area contributed by atoms with Crippen molar-refractivity contribution in [3.05, 3.63) is 0 Å². The molecule has 0 spiro atoms.